The van der Waals surface area contributed by atoms with E-state index in [0.29, 0.717) is 31.5 Å². The van der Waals surface area contributed by atoms with Gasteiger partial charge in [0.25, 0.3) is 0 Å². The zero-order valence-corrected chi connectivity index (χ0v) is 14.9. The molecule has 0 aromatic carbocycles. The molecule has 23 heavy (non-hydrogen) atoms. The maximum Gasteiger partial charge on any atom is 0.143 e. The molecular weight excluding hydrogens is 288 g/mol. The smallest absolute Gasteiger partial charge is 0.143 e. The summed E-state index contributed by atoms with van der Waals surface area (Å²) in [5.41, 5.74) is -1.91. The van der Waals surface area contributed by atoms with Crippen LogP contribution in [0.4, 0.5) is 0 Å². The number of ketones is 2. The zero-order valence-electron chi connectivity index (χ0n) is 14.9. The fourth-order valence-corrected chi connectivity index (χ4v) is 6.16. The number of carbonyl (C=O) groups excluding carboxylic acids is 2. The summed E-state index contributed by atoms with van der Waals surface area (Å²) < 4.78 is 0. The maximum atomic E-state index is 12.7. The standard InChI is InChI=1S/C20H30O3/c1-6-18(4)12-20(23)10-7-13-17(2,3)15(21)8-9-19(13,5)14(20)11-16(18)22/h6,13-14,23H,1,7-12H2,2-5H3. The predicted molar refractivity (Wildman–Crippen MR) is 89.8 cm³/mol. The predicted octanol–water partition coefficient (Wildman–Crippen LogP) is 3.69. The molecule has 0 aromatic heterocycles. The third kappa shape index (κ3) is 2.12. The summed E-state index contributed by atoms with van der Waals surface area (Å²) in [5, 5.41) is 11.4. The second kappa shape index (κ2) is 4.78. The van der Waals surface area contributed by atoms with Crippen molar-refractivity contribution in [3.63, 3.8) is 0 Å². The van der Waals surface area contributed by atoms with E-state index < -0.39 is 11.0 Å². The van der Waals surface area contributed by atoms with E-state index in [2.05, 4.69) is 27.4 Å². The Morgan fingerprint density at radius 3 is 2.35 bits per heavy atom. The van der Waals surface area contributed by atoms with Crippen molar-refractivity contribution in [3.8, 4) is 0 Å². The Kier molecular flexibility index (Phi) is 3.51. The molecule has 0 heterocycles. The average Bonchev–Trinajstić information content (AvgIpc) is 2.46. The van der Waals surface area contributed by atoms with Crippen molar-refractivity contribution in [2.75, 3.05) is 0 Å². The van der Waals surface area contributed by atoms with Gasteiger partial charge in [0.2, 0.25) is 0 Å². The first-order valence-electron chi connectivity index (χ1n) is 8.92. The molecule has 0 saturated heterocycles. The van der Waals surface area contributed by atoms with Crippen molar-refractivity contribution in [3.05, 3.63) is 12.7 Å². The first-order valence-corrected chi connectivity index (χ1v) is 8.92. The van der Waals surface area contributed by atoms with E-state index in [1.165, 1.54) is 0 Å². The van der Waals surface area contributed by atoms with E-state index in [4.69, 9.17) is 0 Å². The normalized spacial score (nSPS) is 49.3. The minimum atomic E-state index is -0.807. The number of aliphatic hydroxyl groups is 1. The Labute approximate surface area is 139 Å². The summed E-state index contributed by atoms with van der Waals surface area (Å²) in [5.74, 6) is 0.742. The van der Waals surface area contributed by atoms with Crippen molar-refractivity contribution >= 4 is 11.6 Å². The van der Waals surface area contributed by atoms with Gasteiger partial charge in [0.1, 0.15) is 11.6 Å². The van der Waals surface area contributed by atoms with Crippen LogP contribution in [-0.2, 0) is 9.59 Å². The molecule has 128 valence electrons. The minimum absolute atomic E-state index is 0.0401. The van der Waals surface area contributed by atoms with Crippen molar-refractivity contribution in [2.45, 2.75) is 71.8 Å². The molecule has 5 atom stereocenters. The third-order valence-electron chi connectivity index (χ3n) is 7.74. The highest BCUT2D eigenvalue weighted by atomic mass is 16.3. The summed E-state index contributed by atoms with van der Waals surface area (Å²) in [4.78, 5) is 25.2. The number of Topliss-reactive ketones (excluding diaryl/α,β-unsaturated/α-hetero) is 2. The van der Waals surface area contributed by atoms with Gasteiger partial charge in [-0.25, -0.2) is 0 Å². The Bertz CT molecular complexity index is 577. The summed E-state index contributed by atoms with van der Waals surface area (Å²) in [6, 6.07) is 0. The zero-order chi connectivity index (χ0) is 17.3. The summed E-state index contributed by atoms with van der Waals surface area (Å²) >= 11 is 0. The number of fused-ring (bicyclic) bond motifs is 3. The van der Waals surface area contributed by atoms with Crippen LogP contribution in [0.15, 0.2) is 12.7 Å². The van der Waals surface area contributed by atoms with Gasteiger partial charge < -0.3 is 5.11 Å². The maximum absolute atomic E-state index is 12.7. The van der Waals surface area contributed by atoms with E-state index in [1.807, 2.05) is 6.92 Å². The second-order valence-electron chi connectivity index (χ2n) is 9.32. The second-order valence-corrected chi connectivity index (χ2v) is 9.32. The summed E-state index contributed by atoms with van der Waals surface area (Å²) in [7, 11) is 0. The van der Waals surface area contributed by atoms with Crippen molar-refractivity contribution in [1.82, 2.24) is 0 Å². The van der Waals surface area contributed by atoms with E-state index in [1.54, 1.807) is 6.08 Å². The Balaban J connectivity index is 2.02. The monoisotopic (exact) mass is 318 g/mol. The molecule has 3 fully saturated rings. The Morgan fingerprint density at radius 2 is 1.74 bits per heavy atom. The van der Waals surface area contributed by atoms with Gasteiger partial charge in [0, 0.05) is 29.6 Å². The van der Waals surface area contributed by atoms with Crippen LogP contribution < -0.4 is 0 Å². The molecule has 3 aliphatic carbocycles. The lowest BCUT2D eigenvalue weighted by Crippen LogP contribution is -2.64. The van der Waals surface area contributed by atoms with Crippen molar-refractivity contribution in [1.29, 1.82) is 0 Å². The lowest BCUT2D eigenvalue weighted by molar-refractivity contribution is -0.202. The molecule has 3 nitrogen and oxygen atoms in total. The molecule has 3 saturated carbocycles. The first kappa shape index (κ1) is 16.9. The van der Waals surface area contributed by atoms with Gasteiger partial charge in [0.15, 0.2) is 0 Å². The van der Waals surface area contributed by atoms with Crippen molar-refractivity contribution in [2.24, 2.45) is 28.1 Å². The van der Waals surface area contributed by atoms with Gasteiger partial charge in [-0.1, -0.05) is 26.8 Å². The van der Waals surface area contributed by atoms with Crippen LogP contribution in [-0.4, -0.2) is 22.3 Å². The highest BCUT2D eigenvalue weighted by Crippen LogP contribution is 2.65. The Morgan fingerprint density at radius 1 is 1.09 bits per heavy atom. The molecule has 1 N–H and O–H groups in total. The molecule has 0 aliphatic heterocycles. The van der Waals surface area contributed by atoms with Crippen molar-refractivity contribution < 1.29 is 14.7 Å². The molecule has 3 aliphatic rings. The van der Waals surface area contributed by atoms with E-state index >= 15 is 0 Å². The molecule has 0 spiro atoms. The van der Waals surface area contributed by atoms with Gasteiger partial charge in [-0.2, -0.15) is 0 Å². The van der Waals surface area contributed by atoms with Crippen LogP contribution in [0.1, 0.15) is 66.2 Å². The minimum Gasteiger partial charge on any atom is -0.390 e. The molecule has 3 rings (SSSR count). The van der Waals surface area contributed by atoms with Gasteiger partial charge in [-0.3, -0.25) is 9.59 Å². The molecular formula is C20H30O3. The first-order chi connectivity index (χ1) is 10.5. The molecule has 3 heteroatoms. The number of hydrogen-bond donors (Lipinski definition) is 1. The van der Waals surface area contributed by atoms with Crippen LogP contribution in [0.3, 0.4) is 0 Å². The van der Waals surface area contributed by atoms with Crippen LogP contribution in [0, 0.1) is 28.1 Å². The van der Waals surface area contributed by atoms with Gasteiger partial charge in [0.05, 0.1) is 5.60 Å². The fourth-order valence-electron chi connectivity index (χ4n) is 6.16. The van der Waals surface area contributed by atoms with Gasteiger partial charge in [-0.15, -0.1) is 6.58 Å². The van der Waals surface area contributed by atoms with Gasteiger partial charge >= 0.3 is 0 Å². The highest BCUT2D eigenvalue weighted by molar-refractivity contribution is 5.88. The van der Waals surface area contributed by atoms with E-state index in [0.717, 1.165) is 12.8 Å². The molecule has 5 unspecified atom stereocenters. The number of hydrogen-bond acceptors (Lipinski definition) is 3. The topological polar surface area (TPSA) is 54.4 Å². The number of carbonyl (C=O) groups is 2. The van der Waals surface area contributed by atoms with Gasteiger partial charge in [-0.05, 0) is 43.9 Å². The quantitative estimate of drug-likeness (QED) is 0.750. The fraction of sp³-hybridized carbons (Fsp3) is 0.800. The molecule has 0 amide bonds. The van der Waals surface area contributed by atoms with E-state index in [-0.39, 0.29) is 28.4 Å². The van der Waals surface area contributed by atoms with Crippen LogP contribution >= 0.6 is 0 Å². The Hall–Kier alpha value is -0.960. The highest BCUT2D eigenvalue weighted by Gasteiger charge is 2.64. The molecule has 0 radical (unpaired) electrons. The third-order valence-corrected chi connectivity index (χ3v) is 7.74. The van der Waals surface area contributed by atoms with Crippen LogP contribution in [0.2, 0.25) is 0 Å². The largest absolute Gasteiger partial charge is 0.390 e. The van der Waals surface area contributed by atoms with Crippen LogP contribution in [0.5, 0.6) is 0 Å². The summed E-state index contributed by atoms with van der Waals surface area (Å²) in [6.45, 7) is 12.1. The SMILES string of the molecule is C=CC1(C)CC2(O)CCC3C(C)(C)C(=O)CCC3(C)C2CC1=O. The average molecular weight is 318 g/mol. The lowest BCUT2D eigenvalue weighted by atomic mass is 9.41. The van der Waals surface area contributed by atoms with E-state index in [9.17, 15) is 14.7 Å². The lowest BCUT2D eigenvalue weighted by Gasteiger charge is -2.63. The number of rotatable bonds is 1. The molecule has 0 bridgehead atoms. The summed E-state index contributed by atoms with van der Waals surface area (Å²) in [6.07, 6.45) is 5.52. The number of allylic oxidation sites excluding steroid dienone is 1. The molecule has 0 aromatic rings. The van der Waals surface area contributed by atoms with Crippen LogP contribution in [0.25, 0.3) is 0 Å².